The van der Waals surface area contributed by atoms with Crippen LogP contribution in [0, 0.1) is 5.41 Å². The van der Waals surface area contributed by atoms with Gasteiger partial charge in [-0.2, -0.15) is 0 Å². The summed E-state index contributed by atoms with van der Waals surface area (Å²) in [4.78, 5) is 11.7. The molecule has 0 unspecified atom stereocenters. The minimum absolute atomic E-state index is 0.0671. The Hall–Kier alpha value is -2.23. The van der Waals surface area contributed by atoms with Crippen LogP contribution < -0.4 is 5.12 Å². The van der Waals surface area contributed by atoms with Crippen molar-refractivity contribution in [3.05, 3.63) is 47.6 Å². The normalized spacial score (nSPS) is 20.4. The minimum atomic E-state index is 0.0671. The maximum Gasteiger partial charge on any atom is 0.156 e. The maximum atomic E-state index is 11.7. The van der Waals surface area contributed by atoms with Crippen molar-refractivity contribution in [1.82, 2.24) is 0 Å². The van der Waals surface area contributed by atoms with Crippen molar-refractivity contribution in [2.24, 2.45) is 15.9 Å². The van der Waals surface area contributed by atoms with Gasteiger partial charge in [-0.25, -0.2) is 0 Å². The van der Waals surface area contributed by atoms with Crippen molar-refractivity contribution in [2.75, 3.05) is 5.12 Å². The van der Waals surface area contributed by atoms with Crippen LogP contribution in [0.4, 0.5) is 5.69 Å². The van der Waals surface area contributed by atoms with Gasteiger partial charge in [0.1, 0.15) is 0 Å². The summed E-state index contributed by atoms with van der Waals surface area (Å²) < 4.78 is 0. The van der Waals surface area contributed by atoms with E-state index in [4.69, 9.17) is 0 Å². The highest BCUT2D eigenvalue weighted by atomic mass is 16.1. The molecule has 0 bridgehead atoms. The average molecular weight is 267 g/mol. The van der Waals surface area contributed by atoms with E-state index in [2.05, 4.69) is 24.3 Å². The molecule has 4 nitrogen and oxygen atoms in total. The van der Waals surface area contributed by atoms with Crippen molar-refractivity contribution in [2.45, 2.75) is 26.7 Å². The predicted molar refractivity (Wildman–Crippen MR) is 78.9 cm³/mol. The Morgan fingerprint density at radius 1 is 1.10 bits per heavy atom. The first-order valence-electron chi connectivity index (χ1n) is 6.75. The molecule has 0 atom stereocenters. The first-order chi connectivity index (χ1) is 9.52. The average Bonchev–Trinajstić information content (AvgIpc) is 3.19. The summed E-state index contributed by atoms with van der Waals surface area (Å²) in [5.41, 5.74) is 3.24. The molecule has 1 aliphatic heterocycles. The number of ketones is 1. The molecule has 1 aliphatic carbocycles. The van der Waals surface area contributed by atoms with Crippen LogP contribution in [0.5, 0.6) is 0 Å². The lowest BCUT2D eigenvalue weighted by Crippen LogP contribution is -2.21. The van der Waals surface area contributed by atoms with Gasteiger partial charge in [-0.15, -0.1) is 5.12 Å². The van der Waals surface area contributed by atoms with Gasteiger partial charge in [-0.05, 0) is 51.6 Å². The molecule has 3 rings (SSSR count). The minimum Gasteiger partial charge on any atom is -0.295 e. The highest BCUT2D eigenvalue weighted by molar-refractivity contribution is 5.92. The largest absolute Gasteiger partial charge is 0.295 e. The van der Waals surface area contributed by atoms with E-state index in [0.29, 0.717) is 6.42 Å². The maximum absolute atomic E-state index is 11.7. The van der Waals surface area contributed by atoms with Gasteiger partial charge in [-0.1, -0.05) is 38.1 Å². The highest BCUT2D eigenvalue weighted by Gasteiger charge is 2.26. The first-order valence-corrected chi connectivity index (χ1v) is 6.75. The van der Waals surface area contributed by atoms with Crippen LogP contribution in [0.3, 0.4) is 0 Å². The molecule has 20 heavy (non-hydrogen) atoms. The van der Waals surface area contributed by atoms with Crippen LogP contribution >= 0.6 is 0 Å². The van der Waals surface area contributed by atoms with Crippen LogP contribution in [0.15, 0.2) is 52.4 Å². The Morgan fingerprint density at radius 2 is 1.80 bits per heavy atom. The quantitative estimate of drug-likeness (QED) is 0.827. The molecule has 0 fully saturated rings. The number of rotatable bonds is 3. The second kappa shape index (κ2) is 4.71. The van der Waals surface area contributed by atoms with Crippen LogP contribution in [0.1, 0.15) is 32.3 Å². The van der Waals surface area contributed by atoms with Gasteiger partial charge < -0.3 is 0 Å². The SMILES string of the molecule is CC1(C)CC(=O)C=C(C=Cc2ccc(N3N=N3)cc2)C1. The molecule has 1 aromatic carbocycles. The van der Waals surface area contributed by atoms with Gasteiger partial charge in [0.2, 0.25) is 0 Å². The second-order valence-corrected chi connectivity index (χ2v) is 6.10. The van der Waals surface area contributed by atoms with E-state index in [9.17, 15) is 4.79 Å². The molecule has 0 amide bonds. The number of hydrogen-bond donors (Lipinski definition) is 0. The molecular formula is C16H17N3O. The molecule has 102 valence electrons. The third-order valence-corrected chi connectivity index (χ3v) is 3.47. The number of anilines is 1. The van der Waals surface area contributed by atoms with E-state index in [1.165, 1.54) is 0 Å². The molecule has 1 heterocycles. The second-order valence-electron chi connectivity index (χ2n) is 6.10. The van der Waals surface area contributed by atoms with E-state index in [1.807, 2.05) is 36.4 Å². The predicted octanol–water partition coefficient (Wildman–Crippen LogP) is 4.12. The van der Waals surface area contributed by atoms with E-state index in [1.54, 1.807) is 11.2 Å². The molecule has 2 aliphatic rings. The zero-order valence-electron chi connectivity index (χ0n) is 11.7. The molecule has 1 aromatic rings. The Bertz CT molecular complexity index is 618. The molecule has 0 saturated heterocycles. The Kier molecular flexibility index (Phi) is 3.01. The third-order valence-electron chi connectivity index (χ3n) is 3.47. The van der Waals surface area contributed by atoms with Gasteiger partial charge in [0, 0.05) is 6.42 Å². The van der Waals surface area contributed by atoms with Crippen molar-refractivity contribution in [1.29, 1.82) is 0 Å². The molecule has 0 N–H and O–H groups in total. The van der Waals surface area contributed by atoms with Gasteiger partial charge in [-0.3, -0.25) is 4.79 Å². The van der Waals surface area contributed by atoms with Gasteiger partial charge in [0.05, 0.1) is 5.69 Å². The lowest BCUT2D eigenvalue weighted by Gasteiger charge is -2.27. The summed E-state index contributed by atoms with van der Waals surface area (Å²) in [6.45, 7) is 4.27. The monoisotopic (exact) mass is 267 g/mol. The summed E-state index contributed by atoms with van der Waals surface area (Å²) in [5, 5.41) is 9.06. The smallest absolute Gasteiger partial charge is 0.156 e. The molecule has 0 radical (unpaired) electrons. The zero-order chi connectivity index (χ0) is 14.2. The summed E-state index contributed by atoms with van der Waals surface area (Å²) >= 11 is 0. The van der Waals surface area contributed by atoms with Crippen molar-refractivity contribution >= 4 is 17.5 Å². The fourth-order valence-corrected chi connectivity index (χ4v) is 2.55. The fourth-order valence-electron chi connectivity index (χ4n) is 2.55. The number of carbonyl (C=O) groups is 1. The molecule has 0 spiro atoms. The molecule has 4 heteroatoms. The summed E-state index contributed by atoms with van der Waals surface area (Å²) in [5.74, 6) is 0.223. The van der Waals surface area contributed by atoms with Crippen LogP contribution in [0.2, 0.25) is 0 Å². The fraction of sp³-hybridized carbons (Fsp3) is 0.312. The Labute approximate surface area is 118 Å². The lowest BCUT2D eigenvalue weighted by molar-refractivity contribution is -0.116. The number of allylic oxidation sites excluding steroid dienone is 3. The summed E-state index contributed by atoms with van der Waals surface area (Å²) in [6.07, 6.45) is 7.44. The van der Waals surface area contributed by atoms with Crippen molar-refractivity contribution < 1.29 is 4.79 Å². The standard InChI is InChI=1S/C16H17N3O/c1-16(2)10-13(9-15(20)11-16)4-3-12-5-7-14(8-6-12)19-17-18-19/h3-9H,10-11H2,1-2H3. The van der Waals surface area contributed by atoms with E-state index in [-0.39, 0.29) is 11.2 Å². The Balaban J connectivity index is 1.71. The van der Waals surface area contributed by atoms with Crippen molar-refractivity contribution in [3.63, 3.8) is 0 Å². The molecular weight excluding hydrogens is 250 g/mol. The number of benzene rings is 1. The Morgan fingerprint density at radius 3 is 2.40 bits per heavy atom. The van der Waals surface area contributed by atoms with Gasteiger partial charge in [0.15, 0.2) is 5.78 Å². The number of carbonyl (C=O) groups excluding carboxylic acids is 1. The third kappa shape index (κ3) is 3.02. The lowest BCUT2D eigenvalue weighted by atomic mass is 9.77. The van der Waals surface area contributed by atoms with Crippen LogP contribution in [0.25, 0.3) is 6.08 Å². The van der Waals surface area contributed by atoms with Crippen LogP contribution in [-0.4, -0.2) is 5.78 Å². The number of hydrogen-bond acceptors (Lipinski definition) is 4. The van der Waals surface area contributed by atoms with E-state index >= 15 is 0 Å². The topological polar surface area (TPSA) is 44.8 Å². The van der Waals surface area contributed by atoms with Crippen molar-refractivity contribution in [3.8, 4) is 0 Å². The van der Waals surface area contributed by atoms with Gasteiger partial charge >= 0.3 is 0 Å². The van der Waals surface area contributed by atoms with Gasteiger partial charge in [0.25, 0.3) is 0 Å². The van der Waals surface area contributed by atoms with E-state index in [0.717, 1.165) is 23.2 Å². The van der Waals surface area contributed by atoms with E-state index < -0.39 is 0 Å². The first kappa shape index (κ1) is 12.8. The highest BCUT2D eigenvalue weighted by Crippen LogP contribution is 2.34. The molecule has 0 saturated carbocycles. The van der Waals surface area contributed by atoms with Crippen LogP contribution in [-0.2, 0) is 4.79 Å². The zero-order valence-corrected chi connectivity index (χ0v) is 11.7. The summed E-state index contributed by atoms with van der Waals surface area (Å²) in [7, 11) is 0. The number of nitrogens with zero attached hydrogens (tertiary/aromatic N) is 3. The summed E-state index contributed by atoms with van der Waals surface area (Å²) in [6, 6.07) is 7.99. The molecule has 0 aromatic heterocycles.